The molecule has 2 aromatic carbocycles. The quantitative estimate of drug-likeness (QED) is 0.622. The predicted octanol–water partition coefficient (Wildman–Crippen LogP) is 4.85. The number of amides is 1. The highest BCUT2D eigenvalue weighted by Crippen LogP contribution is 2.32. The molecular formula is C21H15NO2S. The van der Waals surface area contributed by atoms with Crippen LogP contribution in [0.1, 0.15) is 22.1 Å². The van der Waals surface area contributed by atoms with Gasteiger partial charge in [-0.15, -0.1) is 11.3 Å². The highest BCUT2D eigenvalue weighted by molar-refractivity contribution is 7.10. The van der Waals surface area contributed by atoms with Gasteiger partial charge in [-0.05, 0) is 41.8 Å². The highest BCUT2D eigenvalue weighted by Gasteiger charge is 2.33. The van der Waals surface area contributed by atoms with Crippen LogP contribution in [0.15, 0.2) is 72.1 Å². The first-order valence-electron chi connectivity index (χ1n) is 7.98. The maximum absolute atomic E-state index is 12.2. The van der Waals surface area contributed by atoms with E-state index >= 15 is 0 Å². The average molecular weight is 345 g/mol. The van der Waals surface area contributed by atoms with E-state index in [-0.39, 0.29) is 12.2 Å². The van der Waals surface area contributed by atoms with Crippen LogP contribution < -0.4 is 4.90 Å². The lowest BCUT2D eigenvalue weighted by Gasteiger charge is -2.12. The van der Waals surface area contributed by atoms with Crippen molar-refractivity contribution in [1.29, 1.82) is 0 Å². The van der Waals surface area contributed by atoms with Crippen LogP contribution in [-0.2, 0) is 4.74 Å². The Labute approximate surface area is 150 Å². The molecule has 0 spiro atoms. The standard InChI is InChI=1S/C21H15NO2S/c23-21-22(15-19(24-21)20-10-5-13-25-20)18-9-4-8-17(14-18)12-11-16-6-2-1-3-7-16/h1-10,13-14,19H,15H2/t19-/m1/s1. The fourth-order valence-electron chi connectivity index (χ4n) is 2.71. The van der Waals surface area contributed by atoms with Crippen molar-refractivity contribution in [2.24, 2.45) is 0 Å². The third kappa shape index (κ3) is 3.42. The van der Waals surface area contributed by atoms with Crippen molar-refractivity contribution in [3.8, 4) is 11.8 Å². The Hall–Kier alpha value is -3.03. The van der Waals surface area contributed by atoms with Gasteiger partial charge < -0.3 is 4.74 Å². The first kappa shape index (κ1) is 15.5. The third-order valence-electron chi connectivity index (χ3n) is 3.96. The van der Waals surface area contributed by atoms with Crippen LogP contribution >= 0.6 is 11.3 Å². The van der Waals surface area contributed by atoms with Gasteiger partial charge in [0, 0.05) is 21.7 Å². The van der Waals surface area contributed by atoms with Crippen LogP contribution in [-0.4, -0.2) is 12.6 Å². The van der Waals surface area contributed by atoms with Crippen LogP contribution in [0.3, 0.4) is 0 Å². The molecule has 1 atom stereocenters. The van der Waals surface area contributed by atoms with E-state index < -0.39 is 0 Å². The Kier molecular flexibility index (Phi) is 4.24. The number of benzene rings is 2. The summed E-state index contributed by atoms with van der Waals surface area (Å²) in [6.45, 7) is 0.523. The molecular weight excluding hydrogens is 330 g/mol. The molecule has 4 rings (SSSR count). The van der Waals surface area contributed by atoms with Crippen LogP contribution in [0.2, 0.25) is 0 Å². The molecule has 1 fully saturated rings. The zero-order valence-electron chi connectivity index (χ0n) is 13.4. The first-order valence-corrected chi connectivity index (χ1v) is 8.86. The fourth-order valence-corrected chi connectivity index (χ4v) is 3.46. The van der Waals surface area contributed by atoms with E-state index in [1.807, 2.05) is 72.1 Å². The largest absolute Gasteiger partial charge is 0.438 e. The Bertz CT molecular complexity index is 939. The summed E-state index contributed by atoms with van der Waals surface area (Å²) in [4.78, 5) is 15.0. The predicted molar refractivity (Wildman–Crippen MR) is 99.8 cm³/mol. The van der Waals surface area contributed by atoms with E-state index in [9.17, 15) is 4.79 Å². The van der Waals surface area contributed by atoms with Crippen molar-refractivity contribution in [2.75, 3.05) is 11.4 Å². The van der Waals surface area contributed by atoms with Crippen molar-refractivity contribution in [2.45, 2.75) is 6.10 Å². The second-order valence-corrected chi connectivity index (χ2v) is 6.64. The molecule has 0 aliphatic carbocycles. The number of hydrogen-bond donors (Lipinski definition) is 0. The van der Waals surface area contributed by atoms with Crippen molar-refractivity contribution in [3.05, 3.63) is 88.1 Å². The summed E-state index contributed by atoms with van der Waals surface area (Å²) in [7, 11) is 0. The van der Waals surface area contributed by atoms with E-state index in [4.69, 9.17) is 4.74 Å². The summed E-state index contributed by atoms with van der Waals surface area (Å²) in [5.41, 5.74) is 2.64. The molecule has 0 unspecified atom stereocenters. The summed E-state index contributed by atoms with van der Waals surface area (Å²) in [5.74, 6) is 6.29. The zero-order chi connectivity index (χ0) is 17.1. The van der Waals surface area contributed by atoms with Gasteiger partial charge >= 0.3 is 6.09 Å². The molecule has 0 N–H and O–H groups in total. The lowest BCUT2D eigenvalue weighted by Crippen LogP contribution is -2.23. The molecule has 1 saturated heterocycles. The smallest absolute Gasteiger partial charge is 0.415 e. The Morgan fingerprint density at radius 2 is 1.76 bits per heavy atom. The molecule has 1 aliphatic heterocycles. The molecule has 0 bridgehead atoms. The number of carbonyl (C=O) groups is 1. The van der Waals surface area contributed by atoms with Gasteiger partial charge in [-0.3, -0.25) is 4.90 Å². The second kappa shape index (κ2) is 6.84. The van der Waals surface area contributed by atoms with Gasteiger partial charge in [0.05, 0.1) is 6.54 Å². The van der Waals surface area contributed by atoms with Gasteiger partial charge in [-0.25, -0.2) is 4.79 Å². The maximum Gasteiger partial charge on any atom is 0.415 e. The number of ether oxygens (including phenoxy) is 1. The molecule has 3 aromatic rings. The van der Waals surface area contributed by atoms with Crippen molar-refractivity contribution < 1.29 is 9.53 Å². The van der Waals surface area contributed by atoms with E-state index in [0.717, 1.165) is 21.7 Å². The monoisotopic (exact) mass is 345 g/mol. The second-order valence-electron chi connectivity index (χ2n) is 5.66. The summed E-state index contributed by atoms with van der Waals surface area (Å²) in [6.07, 6.45) is -0.516. The molecule has 4 heteroatoms. The number of cyclic esters (lactones) is 1. The number of anilines is 1. The topological polar surface area (TPSA) is 29.5 Å². The molecule has 122 valence electrons. The van der Waals surface area contributed by atoms with Gasteiger partial charge in [0.1, 0.15) is 0 Å². The van der Waals surface area contributed by atoms with Crippen LogP contribution in [0.4, 0.5) is 10.5 Å². The lowest BCUT2D eigenvalue weighted by atomic mass is 10.1. The average Bonchev–Trinajstić information content (AvgIpc) is 3.31. The number of thiophene rings is 1. The van der Waals surface area contributed by atoms with Gasteiger partial charge in [0.15, 0.2) is 6.10 Å². The van der Waals surface area contributed by atoms with Gasteiger partial charge in [0.2, 0.25) is 0 Å². The van der Waals surface area contributed by atoms with Gasteiger partial charge in [-0.2, -0.15) is 0 Å². The summed E-state index contributed by atoms with van der Waals surface area (Å²) >= 11 is 1.60. The number of hydrogen-bond acceptors (Lipinski definition) is 3. The highest BCUT2D eigenvalue weighted by atomic mass is 32.1. The molecule has 3 nitrogen and oxygen atoms in total. The van der Waals surface area contributed by atoms with Crippen molar-refractivity contribution >= 4 is 23.1 Å². The molecule has 25 heavy (non-hydrogen) atoms. The molecule has 0 saturated carbocycles. The third-order valence-corrected chi connectivity index (χ3v) is 4.92. The summed E-state index contributed by atoms with van der Waals surface area (Å²) in [6, 6.07) is 21.5. The molecule has 1 aromatic heterocycles. The molecule has 0 radical (unpaired) electrons. The SMILES string of the molecule is O=C1O[C@@H](c2cccs2)CN1c1cccc(C#Cc2ccccc2)c1. The van der Waals surface area contributed by atoms with Crippen LogP contribution in [0.25, 0.3) is 0 Å². The van der Waals surface area contributed by atoms with Gasteiger partial charge in [-0.1, -0.05) is 42.2 Å². The molecule has 1 aliphatic rings. The minimum atomic E-state index is -0.313. The summed E-state index contributed by atoms with van der Waals surface area (Å²) in [5, 5.41) is 1.99. The first-order chi connectivity index (χ1) is 12.3. The van der Waals surface area contributed by atoms with Crippen LogP contribution in [0, 0.1) is 11.8 Å². The van der Waals surface area contributed by atoms with E-state index in [1.54, 1.807) is 16.2 Å². The Morgan fingerprint density at radius 3 is 2.56 bits per heavy atom. The fraction of sp³-hybridized carbons (Fsp3) is 0.0952. The minimum Gasteiger partial charge on any atom is -0.438 e. The van der Waals surface area contributed by atoms with Crippen molar-refractivity contribution in [1.82, 2.24) is 0 Å². The van der Waals surface area contributed by atoms with Crippen LogP contribution in [0.5, 0.6) is 0 Å². The lowest BCUT2D eigenvalue weighted by molar-refractivity contribution is 0.144. The Balaban J connectivity index is 1.56. The number of carbonyl (C=O) groups excluding carboxylic acids is 1. The summed E-state index contributed by atoms with van der Waals surface area (Å²) < 4.78 is 5.50. The minimum absolute atomic E-state index is 0.202. The van der Waals surface area contributed by atoms with E-state index in [0.29, 0.717) is 6.54 Å². The number of nitrogens with zero attached hydrogens (tertiary/aromatic N) is 1. The number of rotatable bonds is 2. The normalized spacial score (nSPS) is 16.2. The van der Waals surface area contributed by atoms with E-state index in [1.165, 1.54) is 0 Å². The van der Waals surface area contributed by atoms with E-state index in [2.05, 4.69) is 11.8 Å². The van der Waals surface area contributed by atoms with Gasteiger partial charge in [0.25, 0.3) is 0 Å². The Morgan fingerprint density at radius 1 is 0.960 bits per heavy atom. The van der Waals surface area contributed by atoms with Crippen molar-refractivity contribution in [3.63, 3.8) is 0 Å². The molecule has 2 heterocycles. The maximum atomic E-state index is 12.2. The molecule has 1 amide bonds. The zero-order valence-corrected chi connectivity index (χ0v) is 14.2.